The van der Waals surface area contributed by atoms with Gasteiger partial charge in [-0.05, 0) is 44.6 Å². The summed E-state index contributed by atoms with van der Waals surface area (Å²) in [6.45, 7) is 1.85. The number of ether oxygens (including phenoxy) is 1. The molecule has 0 fully saturated rings. The molecule has 0 saturated heterocycles. The van der Waals surface area contributed by atoms with Crippen LogP contribution in [-0.4, -0.2) is 35.0 Å². The molecule has 0 aliphatic carbocycles. The number of aryl methyl sites for hydroxylation is 1. The molecule has 4 heteroatoms. The van der Waals surface area contributed by atoms with Crippen molar-refractivity contribution in [1.29, 1.82) is 0 Å². The Bertz CT molecular complexity index is 608. The molecule has 1 aromatic rings. The summed E-state index contributed by atoms with van der Waals surface area (Å²) in [6, 6.07) is 10.1. The van der Waals surface area contributed by atoms with Crippen molar-refractivity contribution in [1.82, 2.24) is 0 Å². The number of hydrogen-bond acceptors (Lipinski definition) is 4. The molecular weight excluding hydrogens is 340 g/mol. The third kappa shape index (κ3) is 7.69. The maximum atomic E-state index is 11.9. The van der Waals surface area contributed by atoms with E-state index in [1.165, 1.54) is 5.56 Å². The highest BCUT2D eigenvalue weighted by atomic mass is 16.5. The lowest BCUT2D eigenvalue weighted by atomic mass is 9.84. The van der Waals surface area contributed by atoms with Crippen LogP contribution in [0.5, 0.6) is 0 Å². The van der Waals surface area contributed by atoms with E-state index < -0.39 is 6.10 Å². The first-order valence-corrected chi connectivity index (χ1v) is 9.95. The molecule has 0 amide bonds. The van der Waals surface area contributed by atoms with E-state index in [9.17, 15) is 15.0 Å². The van der Waals surface area contributed by atoms with Crippen LogP contribution in [0.25, 0.3) is 0 Å². The summed E-state index contributed by atoms with van der Waals surface area (Å²) in [5, 5.41) is 20.1. The molecule has 2 rings (SSSR count). The number of cyclic esters (lactones) is 1. The molecule has 0 radical (unpaired) electrons. The number of hydrogen-bond donors (Lipinski definition) is 2. The van der Waals surface area contributed by atoms with Crippen molar-refractivity contribution in [2.24, 2.45) is 11.8 Å². The lowest BCUT2D eigenvalue weighted by Gasteiger charge is -2.29. The zero-order chi connectivity index (χ0) is 19.5. The number of rotatable bonds is 7. The largest absolute Gasteiger partial charge is 0.462 e. The van der Waals surface area contributed by atoms with Gasteiger partial charge in [0.25, 0.3) is 0 Å². The number of aliphatic hydroxyl groups is 2. The minimum Gasteiger partial charge on any atom is -0.462 e. The van der Waals surface area contributed by atoms with Crippen LogP contribution >= 0.6 is 0 Å². The van der Waals surface area contributed by atoms with Crippen LogP contribution in [0.1, 0.15) is 44.6 Å². The predicted molar refractivity (Wildman–Crippen MR) is 107 cm³/mol. The maximum Gasteiger partial charge on any atom is 0.306 e. The molecule has 1 aliphatic heterocycles. The average molecular weight is 373 g/mol. The standard InChI is InChI=1S/C23H32O4/c1-18-22(11-7-2-3-8-12-23(26)27-18)20(17-24)14-16-21(25)15-13-19-9-5-4-6-10-19/h2,4-7,9-10,14,16,18,20-22,24-25H,3,8,11-13,15,17H2,1H3. The van der Waals surface area contributed by atoms with E-state index in [4.69, 9.17) is 4.74 Å². The lowest BCUT2D eigenvalue weighted by molar-refractivity contribution is -0.152. The zero-order valence-electron chi connectivity index (χ0n) is 16.2. The van der Waals surface area contributed by atoms with E-state index in [-0.39, 0.29) is 30.5 Å². The van der Waals surface area contributed by atoms with Crippen molar-refractivity contribution >= 4 is 5.97 Å². The van der Waals surface area contributed by atoms with Crippen LogP contribution < -0.4 is 0 Å². The van der Waals surface area contributed by atoms with Crippen molar-refractivity contribution in [2.45, 2.75) is 57.7 Å². The first-order chi connectivity index (χ1) is 13.1. The molecule has 4 atom stereocenters. The van der Waals surface area contributed by atoms with Crippen LogP contribution in [0.2, 0.25) is 0 Å². The van der Waals surface area contributed by atoms with Gasteiger partial charge in [0.15, 0.2) is 0 Å². The van der Waals surface area contributed by atoms with Crippen LogP contribution in [0.15, 0.2) is 54.6 Å². The normalized spacial score (nSPS) is 23.7. The van der Waals surface area contributed by atoms with Gasteiger partial charge in [-0.15, -0.1) is 0 Å². The molecule has 0 bridgehead atoms. The lowest BCUT2D eigenvalue weighted by Crippen LogP contribution is -2.31. The summed E-state index contributed by atoms with van der Waals surface area (Å²) in [6.07, 6.45) is 11.3. The fourth-order valence-corrected chi connectivity index (χ4v) is 3.47. The summed E-state index contributed by atoms with van der Waals surface area (Å²) >= 11 is 0. The number of allylic oxidation sites excluding steroid dienone is 2. The molecule has 4 unspecified atom stereocenters. The highest BCUT2D eigenvalue weighted by Crippen LogP contribution is 2.26. The van der Waals surface area contributed by atoms with Crippen LogP contribution in [-0.2, 0) is 16.0 Å². The molecule has 1 aromatic carbocycles. The van der Waals surface area contributed by atoms with Gasteiger partial charge in [-0.3, -0.25) is 4.79 Å². The number of benzene rings is 1. The fraction of sp³-hybridized carbons (Fsp3) is 0.522. The fourth-order valence-electron chi connectivity index (χ4n) is 3.47. The minimum atomic E-state index is -0.563. The Morgan fingerprint density at radius 1 is 1.22 bits per heavy atom. The summed E-state index contributed by atoms with van der Waals surface area (Å²) in [4.78, 5) is 11.9. The van der Waals surface area contributed by atoms with Crippen LogP contribution in [0.4, 0.5) is 0 Å². The van der Waals surface area contributed by atoms with Gasteiger partial charge in [0, 0.05) is 24.9 Å². The zero-order valence-corrected chi connectivity index (χ0v) is 16.2. The van der Waals surface area contributed by atoms with Gasteiger partial charge in [-0.2, -0.15) is 0 Å². The number of carbonyl (C=O) groups is 1. The minimum absolute atomic E-state index is 0.00845. The highest BCUT2D eigenvalue weighted by molar-refractivity contribution is 5.69. The molecule has 1 heterocycles. The Morgan fingerprint density at radius 3 is 2.74 bits per heavy atom. The van der Waals surface area contributed by atoms with Crippen molar-refractivity contribution in [3.05, 3.63) is 60.2 Å². The average Bonchev–Trinajstić information content (AvgIpc) is 2.68. The second-order valence-corrected chi connectivity index (χ2v) is 7.28. The molecule has 2 N–H and O–H groups in total. The number of aliphatic hydroxyl groups excluding tert-OH is 2. The molecule has 4 nitrogen and oxygen atoms in total. The third-order valence-electron chi connectivity index (χ3n) is 5.16. The molecule has 0 aromatic heterocycles. The Morgan fingerprint density at radius 2 is 2.00 bits per heavy atom. The first kappa shape index (κ1) is 21.4. The second kappa shape index (κ2) is 11.7. The van der Waals surface area contributed by atoms with E-state index in [0.717, 1.165) is 25.7 Å². The highest BCUT2D eigenvalue weighted by Gasteiger charge is 2.27. The maximum absolute atomic E-state index is 11.9. The Hall–Kier alpha value is -1.91. The van der Waals surface area contributed by atoms with Crippen LogP contribution in [0, 0.1) is 11.8 Å². The van der Waals surface area contributed by atoms with Crippen molar-refractivity contribution < 1.29 is 19.7 Å². The van der Waals surface area contributed by atoms with Crippen LogP contribution in [0.3, 0.4) is 0 Å². The monoisotopic (exact) mass is 372 g/mol. The SMILES string of the molecule is CC1OC(=O)CCCC=CCC1C(C=CC(O)CCc1ccccc1)CO. The van der Waals surface area contributed by atoms with Gasteiger partial charge < -0.3 is 14.9 Å². The van der Waals surface area contributed by atoms with Gasteiger partial charge in [0.1, 0.15) is 6.10 Å². The number of esters is 1. The van der Waals surface area contributed by atoms with Gasteiger partial charge in [0.2, 0.25) is 0 Å². The van der Waals surface area contributed by atoms with Gasteiger partial charge in [-0.1, -0.05) is 54.6 Å². The quantitative estimate of drug-likeness (QED) is 0.564. The third-order valence-corrected chi connectivity index (χ3v) is 5.16. The molecule has 0 spiro atoms. The summed E-state index contributed by atoms with van der Waals surface area (Å²) < 4.78 is 5.55. The Labute approximate surface area is 162 Å². The van der Waals surface area contributed by atoms with E-state index in [2.05, 4.69) is 24.3 Å². The Balaban J connectivity index is 1.96. The molecule has 27 heavy (non-hydrogen) atoms. The predicted octanol–water partition coefficient (Wildman–Crippen LogP) is 3.82. The summed E-state index contributed by atoms with van der Waals surface area (Å²) in [5.41, 5.74) is 1.20. The van der Waals surface area contributed by atoms with Crippen molar-refractivity contribution in [3.63, 3.8) is 0 Å². The van der Waals surface area contributed by atoms with E-state index in [1.54, 1.807) is 6.08 Å². The summed E-state index contributed by atoms with van der Waals surface area (Å²) in [5.74, 6) is -0.347. The Kier molecular flexibility index (Phi) is 9.29. The van der Waals surface area contributed by atoms with Crippen molar-refractivity contribution in [2.75, 3.05) is 6.61 Å². The van der Waals surface area contributed by atoms with Gasteiger partial charge >= 0.3 is 5.97 Å². The van der Waals surface area contributed by atoms with Crippen molar-refractivity contribution in [3.8, 4) is 0 Å². The second-order valence-electron chi connectivity index (χ2n) is 7.28. The van der Waals surface area contributed by atoms with E-state index >= 15 is 0 Å². The van der Waals surface area contributed by atoms with Gasteiger partial charge in [0.05, 0.1) is 6.10 Å². The van der Waals surface area contributed by atoms with E-state index in [1.807, 2.05) is 31.2 Å². The number of carbonyl (C=O) groups excluding carboxylic acids is 1. The smallest absolute Gasteiger partial charge is 0.306 e. The first-order valence-electron chi connectivity index (χ1n) is 9.95. The van der Waals surface area contributed by atoms with E-state index in [0.29, 0.717) is 12.8 Å². The molecular formula is C23H32O4. The topological polar surface area (TPSA) is 66.8 Å². The van der Waals surface area contributed by atoms with Gasteiger partial charge in [-0.25, -0.2) is 0 Å². The molecule has 0 saturated carbocycles. The summed E-state index contributed by atoms with van der Waals surface area (Å²) in [7, 11) is 0. The molecule has 148 valence electrons. The molecule has 1 aliphatic rings.